The predicted molar refractivity (Wildman–Crippen MR) is 83.6 cm³/mol. The minimum absolute atomic E-state index is 0.0131. The molecule has 0 fully saturated rings. The van der Waals surface area contributed by atoms with Crippen molar-refractivity contribution in [1.82, 2.24) is 0 Å². The zero-order valence-electron chi connectivity index (χ0n) is 10.5. The van der Waals surface area contributed by atoms with Crippen molar-refractivity contribution in [3.05, 3.63) is 59.2 Å². The fourth-order valence-electron chi connectivity index (χ4n) is 1.75. The molecule has 0 aliphatic carbocycles. The number of hydrogen-bond acceptors (Lipinski definition) is 3. The van der Waals surface area contributed by atoms with Crippen LogP contribution in [0.1, 0.15) is 21.5 Å². The largest absolute Gasteiger partial charge is 0.507 e. The quantitative estimate of drug-likeness (QED) is 0.611. The first-order chi connectivity index (χ1) is 9.61. The number of phenolic OH excluding ortho intramolecular Hbond substituents is 1. The molecule has 0 amide bonds. The first kappa shape index (κ1) is 14.6. The Bertz CT molecular complexity index is 611. The second-order valence-corrected chi connectivity index (χ2v) is 4.95. The molecule has 0 atom stereocenters. The summed E-state index contributed by atoms with van der Waals surface area (Å²) in [7, 11) is 0. The number of alkyl halides is 1. The number of aromatic carboxylic acids is 1. The average Bonchev–Trinajstić information content (AvgIpc) is 2.45. The molecule has 5 heteroatoms. The van der Waals surface area contributed by atoms with Crippen LogP contribution in [0.3, 0.4) is 0 Å². The second kappa shape index (κ2) is 6.60. The lowest BCUT2D eigenvalue weighted by Gasteiger charge is -2.12. The lowest BCUT2D eigenvalue weighted by atomic mass is 10.1. The minimum atomic E-state index is -1.09. The zero-order valence-corrected chi connectivity index (χ0v) is 12.7. The summed E-state index contributed by atoms with van der Waals surface area (Å²) in [5.74, 6) is -0.743. The van der Waals surface area contributed by atoms with E-state index in [1.54, 1.807) is 0 Å². The van der Waals surface area contributed by atoms with Crippen molar-refractivity contribution in [3.63, 3.8) is 0 Å². The van der Waals surface area contributed by atoms with Crippen molar-refractivity contribution in [2.45, 2.75) is 11.0 Å². The van der Waals surface area contributed by atoms with E-state index in [4.69, 9.17) is 9.84 Å². The van der Waals surface area contributed by atoms with Gasteiger partial charge in [-0.15, -0.1) is 0 Å². The molecule has 2 aromatic rings. The summed E-state index contributed by atoms with van der Waals surface area (Å²) in [5, 5.41) is 18.9. The number of halogens is 1. The molecular formula is C15H13IO4. The molecule has 2 N–H and O–H groups in total. The molecule has 4 nitrogen and oxygen atoms in total. The maximum absolute atomic E-state index is 11.0. The molecule has 0 aliphatic heterocycles. The van der Waals surface area contributed by atoms with Crippen molar-refractivity contribution in [1.29, 1.82) is 0 Å². The Morgan fingerprint density at radius 1 is 1.20 bits per heavy atom. The van der Waals surface area contributed by atoms with E-state index in [9.17, 15) is 9.90 Å². The molecule has 0 radical (unpaired) electrons. The average molecular weight is 384 g/mol. The predicted octanol–water partition coefficient (Wildman–Crippen LogP) is 3.60. The van der Waals surface area contributed by atoms with Gasteiger partial charge in [0.15, 0.2) is 0 Å². The molecule has 104 valence electrons. The van der Waals surface area contributed by atoms with Crippen LogP contribution >= 0.6 is 22.6 Å². The van der Waals surface area contributed by atoms with E-state index in [1.165, 1.54) is 12.1 Å². The van der Waals surface area contributed by atoms with Gasteiger partial charge in [-0.2, -0.15) is 0 Å². The fraction of sp³-hybridized carbons (Fsp3) is 0.133. The summed E-state index contributed by atoms with van der Waals surface area (Å²) < 4.78 is 6.19. The first-order valence-corrected chi connectivity index (χ1v) is 7.46. The van der Waals surface area contributed by atoms with Crippen molar-refractivity contribution < 1.29 is 19.7 Å². The number of phenols is 1. The van der Waals surface area contributed by atoms with Gasteiger partial charge in [-0.3, -0.25) is 0 Å². The second-order valence-electron chi connectivity index (χ2n) is 4.19. The first-order valence-electron chi connectivity index (χ1n) is 5.93. The van der Waals surface area contributed by atoms with Gasteiger partial charge in [-0.25, -0.2) is 4.79 Å². The van der Waals surface area contributed by atoms with E-state index in [1.807, 2.05) is 30.3 Å². The number of ether oxygens (including phenoxy) is 1. The third-order valence-electron chi connectivity index (χ3n) is 2.80. The standard InChI is InChI=1S/C15H13IO4/c16-8-12-13(17)6-11(15(18)19)7-14(12)20-9-10-4-2-1-3-5-10/h1-7,17H,8-9H2,(H,18,19). The van der Waals surface area contributed by atoms with Crippen LogP contribution in [-0.4, -0.2) is 16.2 Å². The van der Waals surface area contributed by atoms with E-state index in [0.29, 0.717) is 22.3 Å². The minimum Gasteiger partial charge on any atom is -0.507 e. The highest BCUT2D eigenvalue weighted by Gasteiger charge is 2.14. The monoisotopic (exact) mass is 384 g/mol. The zero-order chi connectivity index (χ0) is 14.5. The van der Waals surface area contributed by atoms with Crippen LogP contribution in [0, 0.1) is 0 Å². The number of hydrogen-bond donors (Lipinski definition) is 2. The molecule has 2 rings (SSSR count). The maximum atomic E-state index is 11.0. The highest BCUT2D eigenvalue weighted by Crippen LogP contribution is 2.32. The Kier molecular flexibility index (Phi) is 4.84. The number of benzene rings is 2. The summed E-state index contributed by atoms with van der Waals surface area (Å²) in [5.41, 5.74) is 1.60. The summed E-state index contributed by atoms with van der Waals surface area (Å²) in [6.07, 6.45) is 0. The van der Waals surface area contributed by atoms with Gasteiger partial charge >= 0.3 is 5.97 Å². The Balaban J connectivity index is 2.27. The van der Waals surface area contributed by atoms with E-state index in [0.717, 1.165) is 5.56 Å². The summed E-state index contributed by atoms with van der Waals surface area (Å²) >= 11 is 2.10. The molecule has 0 aromatic heterocycles. The highest BCUT2D eigenvalue weighted by molar-refractivity contribution is 14.1. The molecule has 0 unspecified atom stereocenters. The number of carboxylic acid groups (broad SMARTS) is 1. The molecule has 0 saturated heterocycles. The van der Waals surface area contributed by atoms with Crippen LogP contribution in [0.5, 0.6) is 11.5 Å². The number of carboxylic acids is 1. The van der Waals surface area contributed by atoms with E-state index >= 15 is 0 Å². The summed E-state index contributed by atoms with van der Waals surface area (Å²) in [6, 6.07) is 12.3. The summed E-state index contributed by atoms with van der Waals surface area (Å²) in [6.45, 7) is 0.326. The number of carbonyl (C=O) groups is 1. The molecule has 0 aliphatic rings. The Labute approximate surface area is 130 Å². The van der Waals surface area contributed by atoms with Crippen LogP contribution < -0.4 is 4.74 Å². The third-order valence-corrected chi connectivity index (χ3v) is 3.57. The van der Waals surface area contributed by atoms with Gasteiger partial charge in [0.25, 0.3) is 0 Å². The fourth-order valence-corrected chi connectivity index (χ4v) is 2.52. The molecule has 0 bridgehead atoms. The van der Waals surface area contributed by atoms with Gasteiger partial charge in [0.1, 0.15) is 18.1 Å². The lowest BCUT2D eigenvalue weighted by Crippen LogP contribution is -2.02. The topological polar surface area (TPSA) is 66.8 Å². The van der Waals surface area contributed by atoms with E-state index in [2.05, 4.69) is 22.6 Å². The van der Waals surface area contributed by atoms with Crippen LogP contribution in [0.2, 0.25) is 0 Å². The molecule has 2 aromatic carbocycles. The highest BCUT2D eigenvalue weighted by atomic mass is 127. The number of rotatable bonds is 5. The van der Waals surface area contributed by atoms with Gasteiger partial charge in [-0.1, -0.05) is 52.9 Å². The van der Waals surface area contributed by atoms with E-state index in [-0.39, 0.29) is 11.3 Å². The number of aromatic hydroxyl groups is 1. The van der Waals surface area contributed by atoms with Crippen molar-refractivity contribution >= 4 is 28.6 Å². The smallest absolute Gasteiger partial charge is 0.335 e. The van der Waals surface area contributed by atoms with Crippen molar-refractivity contribution in [2.75, 3.05) is 0 Å². The molecule has 0 heterocycles. The molecule has 0 saturated carbocycles. The Morgan fingerprint density at radius 3 is 2.50 bits per heavy atom. The Hall–Kier alpha value is -1.76. The lowest BCUT2D eigenvalue weighted by molar-refractivity contribution is 0.0696. The third kappa shape index (κ3) is 3.41. The van der Waals surface area contributed by atoms with Crippen molar-refractivity contribution in [3.8, 4) is 11.5 Å². The molecule has 0 spiro atoms. The van der Waals surface area contributed by atoms with Crippen molar-refractivity contribution in [2.24, 2.45) is 0 Å². The van der Waals surface area contributed by atoms with Crippen LogP contribution in [-0.2, 0) is 11.0 Å². The van der Waals surface area contributed by atoms with Crippen LogP contribution in [0.4, 0.5) is 0 Å². The van der Waals surface area contributed by atoms with Gasteiger partial charge in [0.05, 0.1) is 5.56 Å². The SMILES string of the molecule is O=C(O)c1cc(O)c(CI)c(OCc2ccccc2)c1. The normalized spacial score (nSPS) is 10.2. The van der Waals surface area contributed by atoms with E-state index < -0.39 is 5.97 Å². The van der Waals surface area contributed by atoms with Gasteiger partial charge < -0.3 is 14.9 Å². The molecular weight excluding hydrogens is 371 g/mol. The van der Waals surface area contributed by atoms with Gasteiger partial charge in [0, 0.05) is 9.99 Å². The van der Waals surface area contributed by atoms with Gasteiger partial charge in [0.2, 0.25) is 0 Å². The Morgan fingerprint density at radius 2 is 1.90 bits per heavy atom. The molecule has 20 heavy (non-hydrogen) atoms. The maximum Gasteiger partial charge on any atom is 0.335 e. The van der Waals surface area contributed by atoms with Gasteiger partial charge in [-0.05, 0) is 17.7 Å². The van der Waals surface area contributed by atoms with Crippen LogP contribution in [0.25, 0.3) is 0 Å². The van der Waals surface area contributed by atoms with Crippen LogP contribution in [0.15, 0.2) is 42.5 Å². The summed E-state index contributed by atoms with van der Waals surface area (Å²) in [4.78, 5) is 11.0.